The fourth-order valence-electron chi connectivity index (χ4n) is 3.55. The number of pyridine rings is 4. The van der Waals surface area contributed by atoms with E-state index in [1.54, 1.807) is 37.2 Å². The van der Waals surface area contributed by atoms with E-state index in [-0.39, 0.29) is 44.8 Å². The second-order valence-corrected chi connectivity index (χ2v) is 12.5. The number of rotatable bonds is 6. The third-order valence-electron chi connectivity index (χ3n) is 5.89. The monoisotopic (exact) mass is 984 g/mol. The van der Waals surface area contributed by atoms with E-state index >= 15 is 0 Å². The van der Waals surface area contributed by atoms with Crippen molar-refractivity contribution in [1.82, 2.24) is 39.5 Å². The molecule has 54 heavy (non-hydrogen) atoms. The molecule has 6 aromatic rings. The molecule has 0 aliphatic rings. The molecule has 6 rings (SSSR count). The summed E-state index contributed by atoms with van der Waals surface area (Å²) in [4.78, 5) is 16.6. The average molecular weight is 986 g/mol. The second-order valence-electron chi connectivity index (χ2n) is 9.74. The van der Waals surface area contributed by atoms with E-state index in [1.165, 1.54) is 11.1 Å². The molecular formula is C30H24Ag2F6N8O6S2. The molecule has 6 heterocycles. The first-order valence-electron chi connectivity index (χ1n) is 14.1. The average Bonchev–Trinajstić information content (AvgIpc) is 3.76. The molecule has 0 aliphatic carbocycles. The van der Waals surface area contributed by atoms with Crippen molar-refractivity contribution in [2.45, 2.75) is 24.1 Å². The quantitative estimate of drug-likeness (QED) is 0.0950. The summed E-state index contributed by atoms with van der Waals surface area (Å²) < 4.78 is 122. The molecule has 0 saturated heterocycles. The Morgan fingerprint density at radius 1 is 0.500 bits per heavy atom. The van der Waals surface area contributed by atoms with E-state index in [0.29, 0.717) is 0 Å². The van der Waals surface area contributed by atoms with Crippen LogP contribution in [0, 0.1) is 0 Å². The zero-order valence-electron chi connectivity index (χ0n) is 26.7. The van der Waals surface area contributed by atoms with Gasteiger partial charge in [0.05, 0.1) is 24.5 Å². The predicted molar refractivity (Wildman–Crippen MR) is 169 cm³/mol. The van der Waals surface area contributed by atoms with Gasteiger partial charge in [-0.1, -0.05) is 12.1 Å². The van der Waals surface area contributed by atoms with Crippen LogP contribution in [-0.4, -0.2) is 76.5 Å². The molecule has 24 heteroatoms. The minimum absolute atomic E-state index is 0. The molecule has 14 nitrogen and oxygen atoms in total. The minimum Gasteiger partial charge on any atom is -0.741 e. The number of halogens is 6. The van der Waals surface area contributed by atoms with E-state index in [0.717, 1.165) is 35.9 Å². The molecule has 0 fully saturated rings. The Balaban J connectivity index is 0.000000382. The maximum atomic E-state index is 10.7. The molecule has 0 atom stereocenters. The third kappa shape index (κ3) is 16.5. The van der Waals surface area contributed by atoms with Crippen LogP contribution in [0.1, 0.15) is 11.1 Å². The summed E-state index contributed by atoms with van der Waals surface area (Å²) in [6, 6.07) is 23.5. The molecule has 0 amide bonds. The van der Waals surface area contributed by atoms with Gasteiger partial charge < -0.3 is 9.11 Å². The molecule has 0 aliphatic heterocycles. The van der Waals surface area contributed by atoms with Crippen LogP contribution in [0.2, 0.25) is 0 Å². The summed E-state index contributed by atoms with van der Waals surface area (Å²) in [7, 11) is -12.2. The summed E-state index contributed by atoms with van der Waals surface area (Å²) in [6.45, 7) is 1.49. The van der Waals surface area contributed by atoms with Gasteiger partial charge in [0, 0.05) is 49.6 Å². The molecule has 0 bridgehead atoms. The normalized spacial score (nSPS) is 11.1. The Morgan fingerprint density at radius 3 is 1.07 bits per heavy atom. The first kappa shape index (κ1) is 47.9. The summed E-state index contributed by atoms with van der Waals surface area (Å²) in [5.41, 5.74) is -5.35. The Morgan fingerprint density at radius 2 is 0.815 bits per heavy atom. The first-order chi connectivity index (χ1) is 24.3. The molecule has 0 N–H and O–H groups in total. The van der Waals surface area contributed by atoms with E-state index in [4.69, 9.17) is 25.9 Å². The number of aromatic nitrogens is 8. The van der Waals surface area contributed by atoms with Crippen molar-refractivity contribution in [3.05, 3.63) is 133 Å². The van der Waals surface area contributed by atoms with E-state index in [2.05, 4.69) is 30.1 Å². The van der Waals surface area contributed by atoms with Crippen molar-refractivity contribution >= 4 is 20.2 Å². The van der Waals surface area contributed by atoms with Crippen LogP contribution < -0.4 is 0 Å². The van der Waals surface area contributed by atoms with Crippen LogP contribution in [0.15, 0.2) is 122 Å². The standard InChI is InChI=1S/2C14H12N4.2CHF3O3S.2Ag/c2*1-2-7-16-13(3-1)14-6-10-18(17-14)11-12-4-8-15-9-5-12;2*2-1(3,4)8(5,6)7;;/h2*1-10H,11H2;2*(H,5,6,7);;/q;;;;2*+1/p-2. The Bertz CT molecular complexity index is 2030. The van der Waals surface area contributed by atoms with Crippen molar-refractivity contribution in [2.24, 2.45) is 0 Å². The van der Waals surface area contributed by atoms with Crippen molar-refractivity contribution in [1.29, 1.82) is 0 Å². The van der Waals surface area contributed by atoms with Gasteiger partial charge in [-0.05, 0) is 71.8 Å². The van der Waals surface area contributed by atoms with Crippen LogP contribution >= 0.6 is 0 Å². The molecule has 0 saturated carbocycles. The topological polar surface area (TPSA) is 202 Å². The number of nitrogens with zero attached hydrogens (tertiary/aromatic N) is 8. The van der Waals surface area contributed by atoms with Crippen LogP contribution in [0.4, 0.5) is 26.3 Å². The van der Waals surface area contributed by atoms with Gasteiger partial charge in [0.25, 0.3) is 0 Å². The van der Waals surface area contributed by atoms with Gasteiger partial charge in [-0.15, -0.1) is 0 Å². The molecular weight excluding hydrogens is 962 g/mol. The third-order valence-corrected chi connectivity index (χ3v) is 7.02. The van der Waals surface area contributed by atoms with Crippen molar-refractivity contribution in [3.8, 4) is 22.8 Å². The number of hydrogen-bond acceptors (Lipinski definition) is 12. The Kier molecular flexibility index (Phi) is 19.3. The summed E-state index contributed by atoms with van der Waals surface area (Å²) >= 11 is 0. The smallest absolute Gasteiger partial charge is 0.741 e. The molecule has 0 radical (unpaired) electrons. The van der Waals surface area contributed by atoms with E-state index in [9.17, 15) is 26.3 Å². The molecule has 0 spiro atoms. The fourth-order valence-corrected chi connectivity index (χ4v) is 3.55. The van der Waals surface area contributed by atoms with Crippen LogP contribution in [-0.2, 0) is 78.1 Å². The van der Waals surface area contributed by atoms with Gasteiger partial charge in [0.15, 0.2) is 20.2 Å². The van der Waals surface area contributed by atoms with E-state index in [1.807, 2.05) is 94.6 Å². The fraction of sp³-hybridized carbons (Fsp3) is 0.133. The summed E-state index contributed by atoms with van der Waals surface area (Å²) in [5.74, 6) is 0. The van der Waals surface area contributed by atoms with E-state index < -0.39 is 31.3 Å². The SMILES string of the molecule is O=S(=O)([O-])C(F)(F)F.O=S(=O)([O-])C(F)(F)F.[Ag+].[Ag+].c1ccc(-c2ccn(Cc3ccncc3)n2)nc1.c1ccc(-c2ccn(Cc3ccncc3)n2)nc1. The summed E-state index contributed by atoms with van der Waals surface area (Å²) in [6.07, 6.45) is 14.6. The summed E-state index contributed by atoms with van der Waals surface area (Å²) in [5, 5.41) is 9.02. The van der Waals surface area contributed by atoms with Crippen molar-refractivity contribution < 1.29 is 97.0 Å². The van der Waals surface area contributed by atoms with Gasteiger partial charge in [-0.3, -0.25) is 29.3 Å². The maximum absolute atomic E-state index is 10.7. The van der Waals surface area contributed by atoms with Gasteiger partial charge in [0.2, 0.25) is 0 Å². The number of hydrogen-bond donors (Lipinski definition) is 0. The Labute approximate surface area is 335 Å². The zero-order valence-corrected chi connectivity index (χ0v) is 31.3. The van der Waals surface area contributed by atoms with Crippen LogP contribution in [0.5, 0.6) is 0 Å². The molecule has 296 valence electrons. The molecule has 6 aromatic heterocycles. The number of alkyl halides is 6. The molecule has 0 unspecified atom stereocenters. The largest absolute Gasteiger partial charge is 1.00 e. The maximum Gasteiger partial charge on any atom is 1.00 e. The first-order valence-corrected chi connectivity index (χ1v) is 16.9. The second kappa shape index (κ2) is 21.7. The van der Waals surface area contributed by atoms with Crippen LogP contribution in [0.3, 0.4) is 0 Å². The van der Waals surface area contributed by atoms with Crippen molar-refractivity contribution in [2.75, 3.05) is 0 Å². The van der Waals surface area contributed by atoms with Gasteiger partial charge in [-0.2, -0.15) is 36.5 Å². The Hall–Kier alpha value is -4.10. The van der Waals surface area contributed by atoms with Gasteiger partial charge in [0.1, 0.15) is 11.4 Å². The molecule has 0 aromatic carbocycles. The van der Waals surface area contributed by atoms with Crippen molar-refractivity contribution in [3.63, 3.8) is 0 Å². The van der Waals surface area contributed by atoms with Gasteiger partial charge in [-0.25, -0.2) is 16.8 Å². The zero-order chi connectivity index (χ0) is 38.4. The minimum atomic E-state index is -6.09. The van der Waals surface area contributed by atoms with Gasteiger partial charge >= 0.3 is 55.8 Å². The predicted octanol–water partition coefficient (Wildman–Crippen LogP) is 4.87. The van der Waals surface area contributed by atoms with Crippen LogP contribution in [0.25, 0.3) is 22.8 Å².